The maximum atomic E-state index is 12.9. The number of amides is 1. The quantitative estimate of drug-likeness (QED) is 0.569. The summed E-state index contributed by atoms with van der Waals surface area (Å²) in [6.07, 6.45) is 3.45. The SMILES string of the molecule is CCc1cccc(CC)c1NC(=O)CN(Cc1ccccc1)Cc1ccco1. The van der Waals surface area contributed by atoms with Gasteiger partial charge in [-0.05, 0) is 41.7 Å². The second-order valence-corrected chi connectivity index (χ2v) is 6.92. The second-order valence-electron chi connectivity index (χ2n) is 6.92. The number of para-hydroxylation sites is 1. The molecule has 0 aliphatic heterocycles. The van der Waals surface area contributed by atoms with Crippen LogP contribution in [0.1, 0.15) is 36.3 Å². The molecule has 0 aliphatic carbocycles. The molecule has 3 rings (SSSR count). The van der Waals surface area contributed by atoms with Crippen LogP contribution in [0.2, 0.25) is 0 Å². The normalized spacial score (nSPS) is 11.0. The lowest BCUT2D eigenvalue weighted by atomic mass is 10.0. The summed E-state index contributed by atoms with van der Waals surface area (Å²) in [4.78, 5) is 15.0. The van der Waals surface area contributed by atoms with E-state index in [0.29, 0.717) is 19.6 Å². The molecule has 4 nitrogen and oxygen atoms in total. The summed E-state index contributed by atoms with van der Waals surface area (Å²) in [5, 5.41) is 3.17. The van der Waals surface area contributed by atoms with E-state index in [9.17, 15) is 4.79 Å². The van der Waals surface area contributed by atoms with Crippen LogP contribution in [0.5, 0.6) is 0 Å². The fraction of sp³-hybridized carbons (Fsp3) is 0.292. The van der Waals surface area contributed by atoms with Gasteiger partial charge in [-0.15, -0.1) is 0 Å². The zero-order chi connectivity index (χ0) is 19.8. The van der Waals surface area contributed by atoms with Crippen molar-refractivity contribution in [1.29, 1.82) is 0 Å². The second kappa shape index (κ2) is 9.90. The summed E-state index contributed by atoms with van der Waals surface area (Å²) in [5.74, 6) is 0.852. The molecule has 0 saturated heterocycles. The smallest absolute Gasteiger partial charge is 0.238 e. The standard InChI is InChI=1S/C24H28N2O2/c1-3-20-12-8-13-21(4-2)24(20)25-23(27)18-26(17-22-14-9-15-28-22)16-19-10-6-5-7-11-19/h5-15H,3-4,16-18H2,1-2H3,(H,25,27). The molecule has 28 heavy (non-hydrogen) atoms. The molecule has 0 aliphatic rings. The van der Waals surface area contributed by atoms with E-state index in [1.54, 1.807) is 6.26 Å². The predicted octanol–water partition coefficient (Wildman–Crippen LogP) is 5.05. The highest BCUT2D eigenvalue weighted by molar-refractivity contribution is 5.93. The average molecular weight is 377 g/mol. The molecule has 2 aromatic carbocycles. The number of furan rings is 1. The highest BCUT2D eigenvalue weighted by atomic mass is 16.3. The van der Waals surface area contributed by atoms with Crippen LogP contribution in [0.4, 0.5) is 5.69 Å². The highest BCUT2D eigenvalue weighted by Crippen LogP contribution is 2.22. The van der Waals surface area contributed by atoms with Crippen molar-refractivity contribution in [3.05, 3.63) is 89.4 Å². The number of nitrogens with zero attached hydrogens (tertiary/aromatic N) is 1. The van der Waals surface area contributed by atoms with Gasteiger partial charge in [0.2, 0.25) is 5.91 Å². The molecule has 0 fully saturated rings. The van der Waals surface area contributed by atoms with Crippen LogP contribution in [0.25, 0.3) is 0 Å². The van der Waals surface area contributed by atoms with Crippen molar-refractivity contribution in [2.24, 2.45) is 0 Å². The Morgan fingerprint density at radius 2 is 1.61 bits per heavy atom. The fourth-order valence-corrected chi connectivity index (χ4v) is 3.42. The fourth-order valence-electron chi connectivity index (χ4n) is 3.42. The molecule has 4 heteroatoms. The summed E-state index contributed by atoms with van der Waals surface area (Å²) in [6, 6.07) is 20.2. The third kappa shape index (κ3) is 5.33. The Labute approximate surface area is 167 Å². The molecule has 0 bridgehead atoms. The van der Waals surface area contributed by atoms with Crippen molar-refractivity contribution in [3.8, 4) is 0 Å². The Morgan fingerprint density at radius 1 is 0.893 bits per heavy atom. The van der Waals surface area contributed by atoms with Crippen LogP contribution in [0, 0.1) is 0 Å². The van der Waals surface area contributed by atoms with Gasteiger partial charge in [-0.3, -0.25) is 9.69 Å². The topological polar surface area (TPSA) is 45.5 Å². The molecule has 0 spiro atoms. The van der Waals surface area contributed by atoms with E-state index in [0.717, 1.165) is 24.3 Å². The Hall–Kier alpha value is -2.85. The van der Waals surface area contributed by atoms with Crippen LogP contribution in [0.3, 0.4) is 0 Å². The van der Waals surface area contributed by atoms with Crippen LogP contribution in [0.15, 0.2) is 71.3 Å². The molecule has 1 amide bonds. The molecule has 1 heterocycles. The van der Waals surface area contributed by atoms with Gasteiger partial charge in [0, 0.05) is 12.2 Å². The lowest BCUT2D eigenvalue weighted by Gasteiger charge is -2.22. The van der Waals surface area contributed by atoms with E-state index in [4.69, 9.17) is 4.42 Å². The predicted molar refractivity (Wildman–Crippen MR) is 113 cm³/mol. The summed E-state index contributed by atoms with van der Waals surface area (Å²) in [6.45, 7) is 5.80. The number of carbonyl (C=O) groups excluding carboxylic acids is 1. The van der Waals surface area contributed by atoms with E-state index in [1.165, 1.54) is 16.7 Å². The van der Waals surface area contributed by atoms with Crippen LogP contribution in [-0.4, -0.2) is 17.4 Å². The van der Waals surface area contributed by atoms with E-state index < -0.39 is 0 Å². The number of rotatable bonds is 9. The van der Waals surface area contributed by atoms with Crippen molar-refractivity contribution in [3.63, 3.8) is 0 Å². The Morgan fingerprint density at radius 3 is 2.21 bits per heavy atom. The van der Waals surface area contributed by atoms with Gasteiger partial charge in [0.25, 0.3) is 0 Å². The monoisotopic (exact) mass is 376 g/mol. The molecule has 1 N–H and O–H groups in total. The number of hydrogen-bond donors (Lipinski definition) is 1. The number of anilines is 1. The number of nitrogens with one attached hydrogen (secondary N) is 1. The van der Waals surface area contributed by atoms with Gasteiger partial charge in [0.05, 0.1) is 19.4 Å². The zero-order valence-electron chi connectivity index (χ0n) is 16.7. The molecule has 3 aromatic rings. The summed E-state index contributed by atoms with van der Waals surface area (Å²) in [7, 11) is 0. The van der Waals surface area contributed by atoms with E-state index >= 15 is 0 Å². The van der Waals surface area contributed by atoms with Crippen molar-refractivity contribution >= 4 is 11.6 Å². The number of benzene rings is 2. The molecule has 0 radical (unpaired) electrons. The molecule has 0 unspecified atom stereocenters. The minimum Gasteiger partial charge on any atom is -0.468 e. The lowest BCUT2D eigenvalue weighted by molar-refractivity contribution is -0.117. The third-order valence-electron chi connectivity index (χ3n) is 4.84. The van der Waals surface area contributed by atoms with Gasteiger partial charge < -0.3 is 9.73 Å². The van der Waals surface area contributed by atoms with Crippen molar-refractivity contribution in [2.45, 2.75) is 39.8 Å². The lowest BCUT2D eigenvalue weighted by Crippen LogP contribution is -2.33. The van der Waals surface area contributed by atoms with E-state index in [1.807, 2.05) is 30.3 Å². The maximum Gasteiger partial charge on any atom is 0.238 e. The van der Waals surface area contributed by atoms with E-state index in [2.05, 4.69) is 54.4 Å². The first-order chi connectivity index (χ1) is 13.7. The Kier molecular flexibility index (Phi) is 7.04. The van der Waals surface area contributed by atoms with Crippen molar-refractivity contribution in [2.75, 3.05) is 11.9 Å². The molecule has 0 saturated carbocycles. The van der Waals surface area contributed by atoms with Gasteiger partial charge in [-0.1, -0.05) is 62.4 Å². The van der Waals surface area contributed by atoms with E-state index in [-0.39, 0.29) is 5.91 Å². The number of aryl methyl sites for hydroxylation is 2. The molecular formula is C24H28N2O2. The highest BCUT2D eigenvalue weighted by Gasteiger charge is 2.16. The first kappa shape index (κ1) is 19.9. The van der Waals surface area contributed by atoms with Gasteiger partial charge >= 0.3 is 0 Å². The average Bonchev–Trinajstić information content (AvgIpc) is 3.21. The van der Waals surface area contributed by atoms with Gasteiger partial charge in [0.15, 0.2) is 0 Å². The van der Waals surface area contributed by atoms with Gasteiger partial charge in [-0.2, -0.15) is 0 Å². The minimum absolute atomic E-state index is 0.00177. The largest absolute Gasteiger partial charge is 0.468 e. The van der Waals surface area contributed by atoms with Gasteiger partial charge in [-0.25, -0.2) is 0 Å². The molecule has 146 valence electrons. The van der Waals surface area contributed by atoms with Crippen molar-refractivity contribution < 1.29 is 9.21 Å². The maximum absolute atomic E-state index is 12.9. The molecule has 1 aromatic heterocycles. The first-order valence-corrected chi connectivity index (χ1v) is 9.88. The summed E-state index contributed by atoms with van der Waals surface area (Å²) in [5.41, 5.74) is 4.49. The summed E-state index contributed by atoms with van der Waals surface area (Å²) >= 11 is 0. The Balaban J connectivity index is 1.74. The molecular weight excluding hydrogens is 348 g/mol. The van der Waals surface area contributed by atoms with Gasteiger partial charge in [0.1, 0.15) is 5.76 Å². The molecule has 0 atom stereocenters. The number of carbonyl (C=O) groups is 1. The number of hydrogen-bond acceptors (Lipinski definition) is 3. The first-order valence-electron chi connectivity index (χ1n) is 9.88. The summed E-state index contributed by atoms with van der Waals surface area (Å²) < 4.78 is 5.50. The van der Waals surface area contributed by atoms with Crippen molar-refractivity contribution in [1.82, 2.24) is 4.90 Å². The van der Waals surface area contributed by atoms with Crippen LogP contribution < -0.4 is 5.32 Å². The van der Waals surface area contributed by atoms with Crippen LogP contribution >= 0.6 is 0 Å². The van der Waals surface area contributed by atoms with Crippen LogP contribution in [-0.2, 0) is 30.7 Å². The Bertz CT molecular complexity index is 851. The third-order valence-corrected chi connectivity index (χ3v) is 4.84. The minimum atomic E-state index is -0.00177. The zero-order valence-corrected chi connectivity index (χ0v) is 16.7.